The Morgan fingerprint density at radius 3 is 1.06 bits per heavy atom. The Morgan fingerprint density at radius 1 is 0.562 bits per heavy atom. The van der Waals surface area contributed by atoms with Crippen molar-refractivity contribution in [2.24, 2.45) is 0 Å². The molecule has 0 amide bonds. The fourth-order valence-corrected chi connectivity index (χ4v) is 5.11. The quantitative estimate of drug-likeness (QED) is 0.593. The third-order valence-corrected chi connectivity index (χ3v) is 6.92. The molecular weight excluding hydrogens is 326 g/mol. The summed E-state index contributed by atoms with van der Waals surface area (Å²) in [6, 6.07) is 0. The SMILES string of the molecule is CC1=C[Se]C=C(C)C1=C1C(C)=C[Se]C=C1C. The van der Waals surface area contributed by atoms with E-state index in [4.69, 9.17) is 0 Å². The molecule has 0 unspecified atom stereocenters. The van der Waals surface area contributed by atoms with Crippen molar-refractivity contribution in [3.63, 3.8) is 0 Å². The van der Waals surface area contributed by atoms with Crippen molar-refractivity contribution in [3.05, 3.63) is 53.3 Å². The Balaban J connectivity index is 2.62. The molecule has 0 aromatic carbocycles. The number of hydrogen-bond acceptors (Lipinski definition) is 0. The third kappa shape index (κ3) is 2.21. The molecule has 0 aromatic heterocycles. The van der Waals surface area contributed by atoms with Crippen LogP contribution in [0.3, 0.4) is 0 Å². The topological polar surface area (TPSA) is 0 Å². The standard InChI is InChI=1S/C14H16Se2/c1-9-5-15-6-10(2)13(9)14-11(3)7-16-8-12(14)4/h5-8H,1-4H3. The molecule has 0 aliphatic carbocycles. The van der Waals surface area contributed by atoms with Crippen LogP contribution in [0.15, 0.2) is 53.3 Å². The van der Waals surface area contributed by atoms with Crippen LogP contribution >= 0.6 is 0 Å². The molecule has 16 heavy (non-hydrogen) atoms. The fraction of sp³-hybridized carbons (Fsp3) is 0.286. The van der Waals surface area contributed by atoms with Crippen LogP contribution in [0.25, 0.3) is 0 Å². The second kappa shape index (κ2) is 4.94. The van der Waals surface area contributed by atoms with Gasteiger partial charge in [0.25, 0.3) is 0 Å². The minimum absolute atomic E-state index is 0.562. The van der Waals surface area contributed by atoms with E-state index in [1.807, 2.05) is 0 Å². The van der Waals surface area contributed by atoms with Gasteiger partial charge in [0.1, 0.15) is 0 Å². The molecule has 0 aromatic rings. The molecule has 0 saturated carbocycles. The molecule has 0 fully saturated rings. The summed E-state index contributed by atoms with van der Waals surface area (Å²) >= 11 is 1.12. The zero-order chi connectivity index (χ0) is 11.7. The van der Waals surface area contributed by atoms with Crippen LogP contribution in [0, 0.1) is 0 Å². The molecule has 2 heterocycles. The van der Waals surface area contributed by atoms with Crippen molar-refractivity contribution >= 4 is 29.9 Å². The van der Waals surface area contributed by atoms with Gasteiger partial charge < -0.3 is 0 Å². The van der Waals surface area contributed by atoms with Crippen LogP contribution in [-0.4, -0.2) is 29.9 Å². The summed E-state index contributed by atoms with van der Waals surface area (Å²) in [6.07, 6.45) is 0. The molecule has 0 N–H and O–H groups in total. The zero-order valence-electron chi connectivity index (χ0n) is 10.1. The van der Waals surface area contributed by atoms with E-state index in [2.05, 4.69) is 47.6 Å². The third-order valence-electron chi connectivity index (χ3n) is 2.81. The fourth-order valence-electron chi connectivity index (χ4n) is 2.12. The van der Waals surface area contributed by atoms with Gasteiger partial charge in [0.2, 0.25) is 0 Å². The average Bonchev–Trinajstić information content (AvgIpc) is 2.21. The van der Waals surface area contributed by atoms with Crippen molar-refractivity contribution < 1.29 is 0 Å². The van der Waals surface area contributed by atoms with Crippen LogP contribution in [0.5, 0.6) is 0 Å². The summed E-state index contributed by atoms with van der Waals surface area (Å²) in [5.41, 5.74) is 8.81. The van der Waals surface area contributed by atoms with Gasteiger partial charge >= 0.3 is 111 Å². The van der Waals surface area contributed by atoms with E-state index in [1.54, 1.807) is 0 Å². The molecule has 0 bridgehead atoms. The molecule has 0 saturated heterocycles. The van der Waals surface area contributed by atoms with Crippen molar-refractivity contribution in [1.82, 2.24) is 0 Å². The van der Waals surface area contributed by atoms with Crippen LogP contribution in [0.4, 0.5) is 0 Å². The van der Waals surface area contributed by atoms with Gasteiger partial charge in [-0.1, -0.05) is 0 Å². The van der Waals surface area contributed by atoms with Gasteiger partial charge in [0.05, 0.1) is 0 Å². The molecule has 84 valence electrons. The summed E-state index contributed by atoms with van der Waals surface area (Å²) < 4.78 is 0. The van der Waals surface area contributed by atoms with Gasteiger partial charge in [-0.25, -0.2) is 0 Å². The first-order valence-electron chi connectivity index (χ1n) is 5.35. The summed E-state index contributed by atoms with van der Waals surface area (Å²) in [5.74, 6) is 0. The van der Waals surface area contributed by atoms with Crippen molar-refractivity contribution in [3.8, 4) is 0 Å². The van der Waals surface area contributed by atoms with Crippen LogP contribution < -0.4 is 0 Å². The van der Waals surface area contributed by atoms with Crippen LogP contribution in [-0.2, 0) is 0 Å². The van der Waals surface area contributed by atoms with E-state index in [0.29, 0.717) is 29.9 Å². The van der Waals surface area contributed by atoms with Crippen molar-refractivity contribution in [2.45, 2.75) is 27.7 Å². The summed E-state index contributed by atoms with van der Waals surface area (Å²) in [7, 11) is 0. The Morgan fingerprint density at radius 2 is 0.812 bits per heavy atom. The summed E-state index contributed by atoms with van der Waals surface area (Å²) in [5, 5.41) is 0. The molecule has 2 heteroatoms. The van der Waals surface area contributed by atoms with Crippen LogP contribution in [0.1, 0.15) is 27.7 Å². The zero-order valence-corrected chi connectivity index (χ0v) is 13.6. The Kier molecular flexibility index (Phi) is 3.77. The predicted octanol–water partition coefficient (Wildman–Crippen LogP) is 3.33. The van der Waals surface area contributed by atoms with E-state index in [0.717, 1.165) is 0 Å². The maximum absolute atomic E-state index is 2.39. The predicted molar refractivity (Wildman–Crippen MR) is 73.6 cm³/mol. The molecule has 0 spiro atoms. The first-order chi connectivity index (χ1) is 7.61. The monoisotopic (exact) mass is 344 g/mol. The van der Waals surface area contributed by atoms with Gasteiger partial charge in [-0.05, 0) is 0 Å². The second-order valence-corrected chi connectivity index (χ2v) is 7.35. The average molecular weight is 342 g/mol. The summed E-state index contributed by atoms with van der Waals surface area (Å²) in [4.78, 5) is 9.57. The number of hydrogen-bond donors (Lipinski definition) is 0. The molecule has 2 aliphatic rings. The first-order valence-corrected chi connectivity index (χ1v) is 9.30. The Labute approximate surface area is 111 Å². The van der Waals surface area contributed by atoms with E-state index < -0.39 is 0 Å². The van der Waals surface area contributed by atoms with Crippen LogP contribution in [0.2, 0.25) is 0 Å². The van der Waals surface area contributed by atoms with E-state index >= 15 is 0 Å². The molecule has 0 atom stereocenters. The molecule has 2 aliphatic heterocycles. The van der Waals surface area contributed by atoms with E-state index in [1.165, 1.54) is 33.4 Å². The van der Waals surface area contributed by atoms with Gasteiger partial charge in [-0.3, -0.25) is 0 Å². The normalized spacial score (nSPS) is 21.2. The van der Waals surface area contributed by atoms with Crippen molar-refractivity contribution in [1.29, 1.82) is 0 Å². The number of rotatable bonds is 0. The maximum atomic E-state index is 2.39. The van der Waals surface area contributed by atoms with Crippen molar-refractivity contribution in [2.75, 3.05) is 0 Å². The van der Waals surface area contributed by atoms with E-state index in [-0.39, 0.29) is 0 Å². The number of allylic oxidation sites excluding steroid dienone is 6. The minimum atomic E-state index is 0.562. The molecular formula is C14H16Se2. The van der Waals surface area contributed by atoms with Gasteiger partial charge in [-0.2, -0.15) is 0 Å². The Hall–Kier alpha value is -0.261. The molecule has 0 nitrogen and oxygen atoms in total. The van der Waals surface area contributed by atoms with Gasteiger partial charge in [-0.15, -0.1) is 0 Å². The Bertz CT molecular complexity index is 387. The molecule has 0 radical (unpaired) electrons. The first kappa shape index (κ1) is 12.2. The summed E-state index contributed by atoms with van der Waals surface area (Å²) in [6.45, 7) is 9.00. The van der Waals surface area contributed by atoms with Gasteiger partial charge in [0, 0.05) is 0 Å². The van der Waals surface area contributed by atoms with E-state index in [9.17, 15) is 0 Å². The van der Waals surface area contributed by atoms with Gasteiger partial charge in [0.15, 0.2) is 0 Å². The molecule has 2 rings (SSSR count). The second-order valence-electron chi connectivity index (χ2n) is 4.23.